The van der Waals surface area contributed by atoms with Crippen molar-refractivity contribution in [3.8, 4) is 33.4 Å². The first-order valence-electron chi connectivity index (χ1n) is 16.8. The molecule has 7 nitrogen and oxygen atoms in total. The Kier molecular flexibility index (Phi) is 8.00. The van der Waals surface area contributed by atoms with Gasteiger partial charge in [0.1, 0.15) is 5.69 Å². The Morgan fingerprint density at radius 1 is 0.538 bits per heavy atom. The minimum absolute atomic E-state index is 0.199. The van der Waals surface area contributed by atoms with Crippen LogP contribution in [0.1, 0.15) is 28.3 Å². The molecule has 5 heterocycles. The summed E-state index contributed by atoms with van der Waals surface area (Å²) in [6, 6.07) is 50.3. The number of hydrogen-bond acceptors (Lipinski definition) is 4. The topological polar surface area (TPSA) is 104 Å². The van der Waals surface area contributed by atoms with Gasteiger partial charge in [0.15, 0.2) is 5.76 Å². The third kappa shape index (κ3) is 5.86. The minimum Gasteiger partial charge on any atom is -0.377 e. The Hall–Kier alpha value is -6.61. The maximum atomic E-state index is 12.5. The van der Waals surface area contributed by atoms with Crippen molar-refractivity contribution in [2.24, 2.45) is 0 Å². The summed E-state index contributed by atoms with van der Waals surface area (Å²) in [4.78, 5) is 17.6. The van der Waals surface area contributed by atoms with Gasteiger partial charge >= 0.3 is 11.4 Å². The molecule has 0 saturated heterocycles. The van der Waals surface area contributed by atoms with Crippen LogP contribution in [0.3, 0.4) is 0 Å². The van der Waals surface area contributed by atoms with Gasteiger partial charge in [0.25, 0.3) is 0 Å². The first-order valence-corrected chi connectivity index (χ1v) is 17.8. The predicted octanol–water partition coefficient (Wildman–Crippen LogP) is 10.6. The maximum absolute atomic E-state index is 12.5. The van der Waals surface area contributed by atoms with Crippen LogP contribution in [0.2, 0.25) is 0 Å². The number of benzene rings is 4. The van der Waals surface area contributed by atoms with Gasteiger partial charge in [-0.3, -0.25) is 4.55 Å². The van der Waals surface area contributed by atoms with Gasteiger partial charge in [-0.1, -0.05) is 121 Å². The van der Waals surface area contributed by atoms with Crippen molar-refractivity contribution in [2.45, 2.75) is 0 Å². The fraction of sp³-hybridized carbons (Fsp3) is 0. The summed E-state index contributed by atoms with van der Waals surface area (Å²) < 4.78 is 28.6. The van der Waals surface area contributed by atoms with E-state index in [1.54, 1.807) is 0 Å². The zero-order valence-electron chi connectivity index (χ0n) is 27.7. The second kappa shape index (κ2) is 13.3. The van der Waals surface area contributed by atoms with Crippen molar-refractivity contribution < 1.29 is 12.9 Å². The summed E-state index contributed by atoms with van der Waals surface area (Å²) in [5.74, 6) is 0.199. The molecule has 0 amide bonds. The van der Waals surface area contributed by atoms with E-state index in [1.807, 2.05) is 121 Å². The molecule has 8 heteroatoms. The highest BCUT2D eigenvalue weighted by Crippen LogP contribution is 2.47. The quantitative estimate of drug-likeness (QED) is 0.150. The number of nitrogens with zero attached hydrogens (tertiary/aromatic N) is 2. The third-order valence-electron chi connectivity index (χ3n) is 9.15. The minimum atomic E-state index is -2.63. The summed E-state index contributed by atoms with van der Waals surface area (Å²) in [6.45, 7) is 0. The fourth-order valence-electron chi connectivity index (χ4n) is 6.99. The smallest absolute Gasteiger partial charge is 0.357 e. The van der Waals surface area contributed by atoms with Crippen molar-refractivity contribution >= 4 is 56.9 Å². The van der Waals surface area contributed by atoms with Crippen LogP contribution >= 0.6 is 0 Å². The van der Waals surface area contributed by atoms with Gasteiger partial charge in [-0.15, -0.1) is 0 Å². The Labute approximate surface area is 302 Å². The Morgan fingerprint density at radius 3 is 1.65 bits per heavy atom. The normalized spacial score (nSPS) is 12.9. The molecule has 3 N–H and O–H groups in total. The Bertz CT molecular complexity index is 2720. The van der Waals surface area contributed by atoms with Gasteiger partial charge in [-0.2, -0.15) is 4.21 Å². The van der Waals surface area contributed by atoms with E-state index in [2.05, 4.69) is 52.4 Å². The van der Waals surface area contributed by atoms with E-state index in [4.69, 9.17) is 14.2 Å². The maximum Gasteiger partial charge on any atom is 0.357 e. The van der Waals surface area contributed by atoms with E-state index < -0.39 is 11.4 Å². The highest BCUT2D eigenvalue weighted by Gasteiger charge is 2.30. The van der Waals surface area contributed by atoms with Gasteiger partial charge in [0, 0.05) is 33.2 Å². The van der Waals surface area contributed by atoms with Crippen LogP contribution in [-0.4, -0.2) is 28.7 Å². The molecule has 2 aliphatic rings. The summed E-state index contributed by atoms with van der Waals surface area (Å²) in [5, 5.41) is 0. The molecule has 0 saturated carbocycles. The number of fused-ring (bicyclic) bond motifs is 8. The second-order valence-corrected chi connectivity index (χ2v) is 13.1. The van der Waals surface area contributed by atoms with Crippen LogP contribution in [0, 0.1) is 0 Å². The van der Waals surface area contributed by atoms with Gasteiger partial charge in [-0.05, 0) is 64.7 Å². The average Bonchev–Trinajstić information content (AvgIpc) is 3.97. The van der Waals surface area contributed by atoms with Crippen LogP contribution in [0.4, 0.5) is 0 Å². The number of hydrogen-bond donors (Lipinski definition) is 3. The molecule has 0 spiro atoms. The highest BCUT2D eigenvalue weighted by molar-refractivity contribution is 7.74. The van der Waals surface area contributed by atoms with E-state index in [0.717, 1.165) is 72.4 Å². The zero-order chi connectivity index (χ0) is 35.0. The fourth-order valence-corrected chi connectivity index (χ4v) is 7.31. The molecule has 1 atom stereocenters. The number of aromatic amines is 2. The average molecular weight is 695 g/mol. The number of nitrogens with one attached hydrogen (secondary N) is 2. The number of rotatable bonds is 6. The molecule has 3 aromatic heterocycles. The summed E-state index contributed by atoms with van der Waals surface area (Å²) in [6.07, 6.45) is 4.02. The number of aromatic nitrogens is 4. The first-order chi connectivity index (χ1) is 25.6. The largest absolute Gasteiger partial charge is 0.377 e. The van der Waals surface area contributed by atoms with Crippen LogP contribution in [0.5, 0.6) is 0 Å². The van der Waals surface area contributed by atoms with Crippen LogP contribution in [-0.2, 0) is 15.5 Å². The highest BCUT2D eigenvalue weighted by atomic mass is 32.2. The molecule has 2 aliphatic heterocycles. The van der Waals surface area contributed by atoms with Gasteiger partial charge < -0.3 is 14.2 Å². The molecular formula is C44H30N4O3S. The molecule has 8 bridgehead atoms. The Morgan fingerprint density at radius 2 is 1.06 bits per heavy atom. The molecule has 0 aliphatic carbocycles. The summed E-state index contributed by atoms with van der Waals surface area (Å²) >= 11 is -2.63. The van der Waals surface area contributed by atoms with Crippen molar-refractivity contribution in [3.05, 3.63) is 180 Å². The van der Waals surface area contributed by atoms with E-state index in [1.165, 1.54) is 0 Å². The molecule has 52 heavy (non-hydrogen) atoms. The lowest BCUT2D eigenvalue weighted by Gasteiger charge is -2.13. The molecule has 0 radical (unpaired) electrons. The van der Waals surface area contributed by atoms with Crippen LogP contribution in [0.15, 0.2) is 152 Å². The van der Waals surface area contributed by atoms with Crippen LogP contribution in [0.25, 0.3) is 78.9 Å². The summed E-state index contributed by atoms with van der Waals surface area (Å²) in [5.41, 5.74) is 13.0. The van der Waals surface area contributed by atoms with E-state index in [9.17, 15) is 8.76 Å². The lowest BCUT2D eigenvalue weighted by atomic mass is 9.91. The van der Waals surface area contributed by atoms with Gasteiger partial charge in [0.05, 0.1) is 28.2 Å². The van der Waals surface area contributed by atoms with E-state index >= 15 is 0 Å². The zero-order valence-corrected chi connectivity index (χ0v) is 28.5. The molecule has 9 rings (SSSR count). The molecular weight excluding hydrogens is 665 g/mol. The first kappa shape index (κ1) is 31.4. The monoisotopic (exact) mass is 694 g/mol. The lowest BCUT2D eigenvalue weighted by Crippen LogP contribution is -1.97. The van der Waals surface area contributed by atoms with Crippen molar-refractivity contribution in [3.63, 3.8) is 0 Å². The van der Waals surface area contributed by atoms with E-state index in [-0.39, 0.29) is 5.76 Å². The number of H-pyrrole nitrogens is 2. The SMILES string of the molecule is O=S(O)OC1=C(c2ccccc2)c2nc1cc1ccc(cc3nc(cc4[nH]c(c2-c2ccccc2)c(-c2ccccc2)c4-c2ccccc2)C=C3)[nH]1. The molecule has 250 valence electrons. The van der Waals surface area contributed by atoms with Gasteiger partial charge in [0.2, 0.25) is 0 Å². The molecule has 4 aromatic carbocycles. The lowest BCUT2D eigenvalue weighted by molar-refractivity contribution is 0.438. The van der Waals surface area contributed by atoms with Gasteiger partial charge in [-0.25, -0.2) is 9.97 Å². The predicted molar refractivity (Wildman–Crippen MR) is 210 cm³/mol. The standard InChI is InChI=1S/C44H30N4O3S/c49-52(50)51-44-37-27-35-24-22-33(46-35)25-32-21-23-34(45-32)26-36-38(28-13-5-1-6-14-28)39(29-15-7-2-8-16-29)42(47-36)40(30-17-9-3-10-18-30)43(48-37)41(44)31-19-11-4-12-20-31/h1-27,46-47H,(H,49,50). The summed E-state index contributed by atoms with van der Waals surface area (Å²) in [7, 11) is 0. The van der Waals surface area contributed by atoms with Crippen molar-refractivity contribution in [1.82, 2.24) is 19.9 Å². The molecule has 1 unspecified atom stereocenters. The molecule has 0 fully saturated rings. The third-order valence-corrected chi connectivity index (χ3v) is 9.46. The second-order valence-electron chi connectivity index (χ2n) is 12.4. The van der Waals surface area contributed by atoms with Crippen molar-refractivity contribution in [2.75, 3.05) is 0 Å². The van der Waals surface area contributed by atoms with Crippen molar-refractivity contribution in [1.29, 1.82) is 0 Å². The molecule has 7 aromatic rings. The Balaban J connectivity index is 1.57. The van der Waals surface area contributed by atoms with Crippen LogP contribution < -0.4 is 0 Å². The van der Waals surface area contributed by atoms with E-state index in [0.29, 0.717) is 17.0 Å².